The monoisotopic (exact) mass is 267 g/mol. The zero-order valence-corrected chi connectivity index (χ0v) is 11.8. The van der Waals surface area contributed by atoms with Gasteiger partial charge in [0.25, 0.3) is 5.95 Å². The molecule has 0 unspecified atom stereocenters. The maximum absolute atomic E-state index is 11.5. The highest BCUT2D eigenvalue weighted by Crippen LogP contribution is 2.10. The summed E-state index contributed by atoms with van der Waals surface area (Å²) in [5.74, 6) is 0.213. The van der Waals surface area contributed by atoms with E-state index in [1.165, 1.54) is 44.9 Å². The normalized spacial score (nSPS) is 10.6. The van der Waals surface area contributed by atoms with Gasteiger partial charge in [0, 0.05) is 6.42 Å². The summed E-state index contributed by atoms with van der Waals surface area (Å²) >= 11 is 0. The summed E-state index contributed by atoms with van der Waals surface area (Å²) in [4.78, 5) is 11.5. The summed E-state index contributed by atoms with van der Waals surface area (Å²) in [6.07, 6.45) is 11.8. The van der Waals surface area contributed by atoms with E-state index in [0.717, 1.165) is 12.8 Å². The molecule has 0 aliphatic rings. The van der Waals surface area contributed by atoms with Crippen molar-refractivity contribution < 1.29 is 4.79 Å². The summed E-state index contributed by atoms with van der Waals surface area (Å²) in [5.41, 5.74) is 0. The lowest BCUT2D eigenvalue weighted by atomic mass is 10.1. The molecule has 0 saturated heterocycles. The standard InChI is InChI=1S/C13H25N5O/c1-2-3-4-5-6-7-8-9-10-11-12(19)14-13-15-17-18-16-13/h2-11H2,1H3,(H2,14,15,16,17,18,19). The fraction of sp³-hybridized carbons (Fsp3) is 0.846. The Morgan fingerprint density at radius 1 is 1.05 bits per heavy atom. The van der Waals surface area contributed by atoms with Crippen LogP contribution in [0.2, 0.25) is 0 Å². The van der Waals surface area contributed by atoms with Crippen molar-refractivity contribution in [3.8, 4) is 0 Å². The number of hydrogen-bond acceptors (Lipinski definition) is 4. The highest BCUT2D eigenvalue weighted by Gasteiger charge is 2.04. The molecular weight excluding hydrogens is 242 g/mol. The average Bonchev–Trinajstić information content (AvgIpc) is 2.89. The maximum Gasteiger partial charge on any atom is 0.269 e. The first-order valence-corrected chi connectivity index (χ1v) is 7.36. The van der Waals surface area contributed by atoms with E-state index in [2.05, 4.69) is 32.9 Å². The molecule has 1 heterocycles. The number of amides is 1. The predicted molar refractivity (Wildman–Crippen MR) is 74.7 cm³/mol. The lowest BCUT2D eigenvalue weighted by Gasteiger charge is -2.02. The molecule has 108 valence electrons. The average molecular weight is 267 g/mol. The molecule has 0 bridgehead atoms. The Morgan fingerprint density at radius 3 is 2.26 bits per heavy atom. The van der Waals surface area contributed by atoms with E-state index in [-0.39, 0.29) is 11.9 Å². The Bertz CT molecular complexity index is 326. The van der Waals surface area contributed by atoms with E-state index in [0.29, 0.717) is 6.42 Å². The lowest BCUT2D eigenvalue weighted by Crippen LogP contribution is -2.12. The van der Waals surface area contributed by atoms with Crippen LogP contribution < -0.4 is 5.32 Å². The van der Waals surface area contributed by atoms with Crippen molar-refractivity contribution >= 4 is 11.9 Å². The largest absolute Gasteiger partial charge is 0.292 e. The quantitative estimate of drug-likeness (QED) is 0.603. The second-order valence-electron chi connectivity index (χ2n) is 4.86. The molecule has 0 radical (unpaired) electrons. The molecule has 0 spiro atoms. The number of unbranched alkanes of at least 4 members (excludes halogenated alkanes) is 8. The zero-order valence-electron chi connectivity index (χ0n) is 11.8. The van der Waals surface area contributed by atoms with Crippen LogP contribution in [0.5, 0.6) is 0 Å². The van der Waals surface area contributed by atoms with Crippen LogP contribution in [0.15, 0.2) is 0 Å². The van der Waals surface area contributed by atoms with Gasteiger partial charge in [-0.1, -0.05) is 63.4 Å². The summed E-state index contributed by atoms with van der Waals surface area (Å²) in [7, 11) is 0. The number of nitrogens with one attached hydrogen (secondary N) is 2. The molecule has 6 heteroatoms. The van der Waals surface area contributed by atoms with Crippen molar-refractivity contribution in [1.29, 1.82) is 0 Å². The van der Waals surface area contributed by atoms with Gasteiger partial charge in [0.15, 0.2) is 0 Å². The van der Waals surface area contributed by atoms with Gasteiger partial charge in [-0.25, -0.2) is 0 Å². The van der Waals surface area contributed by atoms with Gasteiger partial charge in [0.05, 0.1) is 0 Å². The van der Waals surface area contributed by atoms with E-state index in [1.54, 1.807) is 0 Å². The third kappa shape index (κ3) is 8.29. The molecule has 1 aromatic heterocycles. The van der Waals surface area contributed by atoms with E-state index in [1.807, 2.05) is 0 Å². The van der Waals surface area contributed by atoms with Crippen LogP contribution in [0.3, 0.4) is 0 Å². The second kappa shape index (κ2) is 10.5. The van der Waals surface area contributed by atoms with Crippen LogP contribution >= 0.6 is 0 Å². The minimum Gasteiger partial charge on any atom is -0.292 e. The van der Waals surface area contributed by atoms with Gasteiger partial charge in [-0.05, 0) is 11.6 Å². The molecule has 0 aliphatic heterocycles. The van der Waals surface area contributed by atoms with E-state index < -0.39 is 0 Å². The summed E-state index contributed by atoms with van der Waals surface area (Å²) in [6.45, 7) is 2.24. The van der Waals surface area contributed by atoms with Crippen LogP contribution in [-0.2, 0) is 4.79 Å². The third-order valence-corrected chi connectivity index (χ3v) is 3.10. The number of hydrogen-bond donors (Lipinski definition) is 2. The Balaban J connectivity index is 1.86. The number of H-pyrrole nitrogens is 1. The minimum atomic E-state index is -0.0376. The zero-order chi connectivity index (χ0) is 13.8. The van der Waals surface area contributed by atoms with Gasteiger partial charge in [0.1, 0.15) is 0 Å². The Hall–Kier alpha value is -1.46. The maximum atomic E-state index is 11.5. The van der Waals surface area contributed by atoms with Crippen molar-refractivity contribution in [3.05, 3.63) is 0 Å². The van der Waals surface area contributed by atoms with Gasteiger partial charge in [-0.15, -0.1) is 5.10 Å². The number of anilines is 1. The van der Waals surface area contributed by atoms with Crippen LogP contribution in [0, 0.1) is 0 Å². The van der Waals surface area contributed by atoms with Crippen molar-refractivity contribution in [1.82, 2.24) is 20.6 Å². The third-order valence-electron chi connectivity index (χ3n) is 3.10. The van der Waals surface area contributed by atoms with Gasteiger partial charge >= 0.3 is 0 Å². The minimum absolute atomic E-state index is 0.0376. The van der Waals surface area contributed by atoms with Crippen LogP contribution in [0.1, 0.15) is 71.1 Å². The first kappa shape index (κ1) is 15.6. The Morgan fingerprint density at radius 2 is 1.68 bits per heavy atom. The molecule has 2 N–H and O–H groups in total. The molecule has 0 aromatic carbocycles. The SMILES string of the molecule is CCCCCCCCCCCC(=O)Nc1nn[nH]n1. The van der Waals surface area contributed by atoms with Crippen LogP contribution in [0.25, 0.3) is 0 Å². The Kier molecular flexibility index (Phi) is 8.59. The Labute approximate surface area is 114 Å². The van der Waals surface area contributed by atoms with Gasteiger partial charge < -0.3 is 0 Å². The lowest BCUT2D eigenvalue weighted by molar-refractivity contribution is -0.116. The predicted octanol–water partition coefficient (Wildman–Crippen LogP) is 3.06. The number of aromatic nitrogens is 4. The molecule has 0 aliphatic carbocycles. The summed E-state index contributed by atoms with van der Waals surface area (Å²) in [5, 5.41) is 15.6. The molecule has 1 rings (SSSR count). The first-order chi connectivity index (χ1) is 9.33. The van der Waals surface area contributed by atoms with E-state index in [4.69, 9.17) is 0 Å². The molecule has 19 heavy (non-hydrogen) atoms. The highest BCUT2D eigenvalue weighted by atomic mass is 16.1. The first-order valence-electron chi connectivity index (χ1n) is 7.36. The summed E-state index contributed by atoms with van der Waals surface area (Å²) < 4.78 is 0. The molecule has 0 saturated carbocycles. The smallest absolute Gasteiger partial charge is 0.269 e. The summed E-state index contributed by atoms with van der Waals surface area (Å²) in [6, 6.07) is 0. The van der Waals surface area contributed by atoms with E-state index >= 15 is 0 Å². The van der Waals surface area contributed by atoms with Gasteiger partial charge in [0.2, 0.25) is 5.91 Å². The molecule has 0 atom stereocenters. The number of carbonyl (C=O) groups excluding carboxylic acids is 1. The van der Waals surface area contributed by atoms with Crippen molar-refractivity contribution in [2.24, 2.45) is 0 Å². The fourth-order valence-electron chi connectivity index (χ4n) is 2.00. The number of tetrazole rings is 1. The van der Waals surface area contributed by atoms with Gasteiger partial charge in [-0.2, -0.15) is 5.21 Å². The van der Waals surface area contributed by atoms with Crippen LogP contribution in [-0.4, -0.2) is 26.5 Å². The van der Waals surface area contributed by atoms with Crippen LogP contribution in [0.4, 0.5) is 5.95 Å². The number of nitrogens with zero attached hydrogens (tertiary/aromatic N) is 3. The number of carbonyl (C=O) groups is 1. The molecular formula is C13H25N5O. The molecule has 0 fully saturated rings. The molecule has 1 aromatic rings. The topological polar surface area (TPSA) is 83.6 Å². The fourth-order valence-corrected chi connectivity index (χ4v) is 2.00. The number of rotatable bonds is 11. The van der Waals surface area contributed by atoms with E-state index in [9.17, 15) is 4.79 Å². The number of aromatic amines is 1. The van der Waals surface area contributed by atoms with Crippen molar-refractivity contribution in [2.45, 2.75) is 71.1 Å². The second-order valence-corrected chi connectivity index (χ2v) is 4.86. The molecule has 1 amide bonds. The van der Waals surface area contributed by atoms with Crippen molar-refractivity contribution in [3.63, 3.8) is 0 Å². The highest BCUT2D eigenvalue weighted by molar-refractivity contribution is 5.88. The van der Waals surface area contributed by atoms with Gasteiger partial charge in [-0.3, -0.25) is 10.1 Å². The molecule has 6 nitrogen and oxygen atoms in total. The van der Waals surface area contributed by atoms with Crippen molar-refractivity contribution in [2.75, 3.05) is 5.32 Å².